The number of nitrogens with one attached hydrogen (secondary N) is 1. The van der Waals surface area contributed by atoms with Crippen molar-refractivity contribution < 1.29 is 18.0 Å². The van der Waals surface area contributed by atoms with Crippen molar-refractivity contribution in [2.45, 2.75) is 64.1 Å². The molecule has 9 heteroatoms. The SMILES string of the molecule is CCc1ccccc1N(CC(=O)N(Cc1ccc(Cl)cc1)[C@@H](C)C(=O)NC(C)(C)C)S(=O)(=O)c1ccccc1. The summed E-state index contributed by atoms with van der Waals surface area (Å²) >= 11 is 6.05. The van der Waals surface area contributed by atoms with Crippen LogP contribution >= 0.6 is 11.6 Å². The van der Waals surface area contributed by atoms with E-state index in [2.05, 4.69) is 5.32 Å². The van der Waals surface area contributed by atoms with Gasteiger partial charge in [0, 0.05) is 17.1 Å². The van der Waals surface area contributed by atoms with Gasteiger partial charge < -0.3 is 10.2 Å². The molecule has 7 nitrogen and oxygen atoms in total. The van der Waals surface area contributed by atoms with Gasteiger partial charge in [0.05, 0.1) is 10.6 Å². The van der Waals surface area contributed by atoms with Crippen molar-refractivity contribution in [2.24, 2.45) is 0 Å². The highest BCUT2D eigenvalue weighted by Crippen LogP contribution is 2.28. The first-order chi connectivity index (χ1) is 18.3. The zero-order valence-electron chi connectivity index (χ0n) is 23.0. The Morgan fingerprint density at radius 1 is 0.923 bits per heavy atom. The predicted molar refractivity (Wildman–Crippen MR) is 156 cm³/mol. The number of hydrogen-bond acceptors (Lipinski definition) is 4. The summed E-state index contributed by atoms with van der Waals surface area (Å²) in [5.74, 6) is -0.844. The van der Waals surface area contributed by atoms with Crippen LogP contribution in [0.2, 0.25) is 5.02 Å². The third-order valence-electron chi connectivity index (χ3n) is 6.18. The molecule has 0 heterocycles. The third-order valence-corrected chi connectivity index (χ3v) is 8.21. The minimum absolute atomic E-state index is 0.0754. The van der Waals surface area contributed by atoms with Gasteiger partial charge in [0.1, 0.15) is 12.6 Å². The van der Waals surface area contributed by atoms with Gasteiger partial charge >= 0.3 is 0 Å². The first-order valence-corrected chi connectivity index (χ1v) is 14.7. The minimum Gasteiger partial charge on any atom is -0.350 e. The van der Waals surface area contributed by atoms with Gasteiger partial charge in [0.25, 0.3) is 10.0 Å². The third kappa shape index (κ3) is 7.83. The quantitative estimate of drug-likeness (QED) is 0.353. The normalized spacial score (nSPS) is 12.5. The molecule has 3 aromatic rings. The fourth-order valence-corrected chi connectivity index (χ4v) is 5.73. The van der Waals surface area contributed by atoms with Gasteiger partial charge in [-0.05, 0) is 75.6 Å². The van der Waals surface area contributed by atoms with E-state index in [1.54, 1.807) is 61.5 Å². The number of benzene rings is 3. The second kappa shape index (κ2) is 12.7. The molecule has 2 amide bonds. The second-order valence-electron chi connectivity index (χ2n) is 10.4. The lowest BCUT2D eigenvalue weighted by atomic mass is 10.1. The zero-order chi connectivity index (χ0) is 28.8. The second-order valence-corrected chi connectivity index (χ2v) is 12.7. The number of nitrogens with zero attached hydrogens (tertiary/aromatic N) is 2. The van der Waals surface area contributed by atoms with Crippen LogP contribution in [0, 0.1) is 0 Å². The lowest BCUT2D eigenvalue weighted by Crippen LogP contribution is -2.54. The molecule has 0 unspecified atom stereocenters. The topological polar surface area (TPSA) is 86.8 Å². The van der Waals surface area contributed by atoms with Crippen LogP contribution in [-0.4, -0.2) is 43.3 Å². The molecule has 1 atom stereocenters. The average molecular weight is 570 g/mol. The van der Waals surface area contributed by atoms with E-state index in [-0.39, 0.29) is 17.3 Å². The molecule has 39 heavy (non-hydrogen) atoms. The van der Waals surface area contributed by atoms with E-state index < -0.39 is 34.1 Å². The molecular weight excluding hydrogens is 534 g/mol. The van der Waals surface area contributed by atoms with Gasteiger partial charge in [-0.25, -0.2) is 8.42 Å². The van der Waals surface area contributed by atoms with Crippen molar-refractivity contribution in [1.82, 2.24) is 10.2 Å². The number of carbonyl (C=O) groups excluding carboxylic acids is 2. The highest BCUT2D eigenvalue weighted by molar-refractivity contribution is 7.92. The predicted octanol–water partition coefficient (Wildman–Crippen LogP) is 5.43. The van der Waals surface area contributed by atoms with E-state index in [0.29, 0.717) is 17.1 Å². The Bertz CT molecular complexity index is 1390. The number of aryl methyl sites for hydroxylation is 1. The molecule has 0 bridgehead atoms. The Labute approximate surface area is 236 Å². The Morgan fingerprint density at radius 2 is 1.51 bits per heavy atom. The van der Waals surface area contributed by atoms with Crippen molar-refractivity contribution in [2.75, 3.05) is 10.8 Å². The highest BCUT2D eigenvalue weighted by atomic mass is 35.5. The Balaban J connectivity index is 2.06. The van der Waals surface area contributed by atoms with Crippen LogP contribution in [0.3, 0.4) is 0 Å². The summed E-state index contributed by atoms with van der Waals surface area (Å²) in [6.45, 7) is 8.78. The summed E-state index contributed by atoms with van der Waals surface area (Å²) in [4.78, 5) is 28.7. The molecule has 0 saturated carbocycles. The number of anilines is 1. The minimum atomic E-state index is -4.10. The number of hydrogen-bond donors (Lipinski definition) is 1. The molecule has 208 valence electrons. The van der Waals surface area contributed by atoms with E-state index in [1.807, 2.05) is 39.8 Å². The van der Waals surface area contributed by atoms with Crippen molar-refractivity contribution in [3.8, 4) is 0 Å². The summed E-state index contributed by atoms with van der Waals surface area (Å²) in [7, 11) is -4.10. The molecule has 0 fully saturated rings. The van der Waals surface area contributed by atoms with Gasteiger partial charge in [-0.15, -0.1) is 0 Å². The zero-order valence-corrected chi connectivity index (χ0v) is 24.6. The molecule has 0 saturated heterocycles. The molecule has 0 spiro atoms. The van der Waals surface area contributed by atoms with Crippen LogP contribution in [0.1, 0.15) is 45.7 Å². The van der Waals surface area contributed by atoms with E-state index >= 15 is 0 Å². The maximum atomic E-state index is 14.0. The first-order valence-electron chi connectivity index (χ1n) is 12.8. The number of amides is 2. The number of sulfonamides is 1. The first kappa shape index (κ1) is 30.2. The smallest absolute Gasteiger partial charge is 0.264 e. The van der Waals surface area contributed by atoms with Crippen LogP contribution in [-0.2, 0) is 32.6 Å². The molecule has 1 N–H and O–H groups in total. The van der Waals surface area contributed by atoms with E-state index in [1.165, 1.54) is 17.0 Å². The molecule has 3 aromatic carbocycles. The van der Waals surface area contributed by atoms with Crippen LogP contribution in [0.15, 0.2) is 83.8 Å². The number of rotatable bonds is 10. The van der Waals surface area contributed by atoms with Gasteiger partial charge in [-0.1, -0.05) is 67.1 Å². The molecule has 0 radical (unpaired) electrons. The summed E-state index contributed by atoms with van der Waals surface area (Å²) < 4.78 is 29.0. The molecule has 0 aromatic heterocycles. The monoisotopic (exact) mass is 569 g/mol. The lowest BCUT2D eigenvalue weighted by Gasteiger charge is -2.34. The van der Waals surface area contributed by atoms with Gasteiger partial charge in [-0.2, -0.15) is 0 Å². The standard InChI is InChI=1S/C30H36ClN3O4S/c1-6-24-12-10-11-15-27(24)34(39(37,38)26-13-8-7-9-14-26)21-28(35)33(20-23-16-18-25(31)19-17-23)22(2)29(36)32-30(3,4)5/h7-19,22H,6,20-21H2,1-5H3,(H,32,36)/t22-/m0/s1. The maximum absolute atomic E-state index is 14.0. The molecule has 0 aliphatic carbocycles. The number of para-hydroxylation sites is 1. The van der Waals surface area contributed by atoms with Crippen LogP contribution in [0.4, 0.5) is 5.69 Å². The van der Waals surface area contributed by atoms with Crippen molar-refractivity contribution >= 4 is 39.1 Å². The van der Waals surface area contributed by atoms with Gasteiger partial charge in [0.2, 0.25) is 11.8 Å². The molecular formula is C30H36ClN3O4S. The van der Waals surface area contributed by atoms with E-state index in [4.69, 9.17) is 11.6 Å². The summed E-state index contributed by atoms with van der Waals surface area (Å²) in [5, 5.41) is 3.47. The summed E-state index contributed by atoms with van der Waals surface area (Å²) in [6, 6.07) is 21.3. The molecule has 0 aliphatic heterocycles. The van der Waals surface area contributed by atoms with Crippen LogP contribution < -0.4 is 9.62 Å². The van der Waals surface area contributed by atoms with E-state index in [9.17, 15) is 18.0 Å². The summed E-state index contributed by atoms with van der Waals surface area (Å²) in [5.41, 5.74) is 1.46. The number of carbonyl (C=O) groups is 2. The van der Waals surface area contributed by atoms with Gasteiger partial charge in [0.15, 0.2) is 0 Å². The Morgan fingerprint density at radius 3 is 2.10 bits per heavy atom. The van der Waals surface area contributed by atoms with Crippen molar-refractivity contribution in [3.63, 3.8) is 0 Å². The van der Waals surface area contributed by atoms with Gasteiger partial charge in [-0.3, -0.25) is 13.9 Å². The molecule has 0 aliphatic rings. The highest BCUT2D eigenvalue weighted by Gasteiger charge is 2.33. The van der Waals surface area contributed by atoms with E-state index in [0.717, 1.165) is 15.4 Å². The Hall–Kier alpha value is -3.36. The Kier molecular flexibility index (Phi) is 9.80. The molecule has 3 rings (SSSR count). The summed E-state index contributed by atoms with van der Waals surface area (Å²) in [6.07, 6.45) is 0.573. The fourth-order valence-electron chi connectivity index (χ4n) is 4.13. The number of halogens is 1. The largest absolute Gasteiger partial charge is 0.350 e. The van der Waals surface area contributed by atoms with Crippen molar-refractivity contribution in [3.05, 3.63) is 95.0 Å². The average Bonchev–Trinajstić information content (AvgIpc) is 2.90. The maximum Gasteiger partial charge on any atom is 0.264 e. The van der Waals surface area contributed by atoms with Crippen LogP contribution in [0.25, 0.3) is 0 Å². The van der Waals surface area contributed by atoms with Crippen LogP contribution in [0.5, 0.6) is 0 Å². The lowest BCUT2D eigenvalue weighted by molar-refractivity contribution is -0.140. The van der Waals surface area contributed by atoms with Crippen molar-refractivity contribution in [1.29, 1.82) is 0 Å². The fraction of sp³-hybridized carbons (Fsp3) is 0.333.